The number of ether oxygens (including phenoxy) is 2. The summed E-state index contributed by atoms with van der Waals surface area (Å²) in [7, 11) is 1.67. The lowest BCUT2D eigenvalue weighted by Crippen LogP contribution is -2.31. The van der Waals surface area contributed by atoms with E-state index in [4.69, 9.17) is 15.2 Å². The first-order valence-electron chi connectivity index (χ1n) is 8.73. The number of aromatic nitrogens is 1. The lowest BCUT2D eigenvalue weighted by Gasteiger charge is -2.23. The summed E-state index contributed by atoms with van der Waals surface area (Å²) in [6.07, 6.45) is 4.73. The molecule has 25 heavy (non-hydrogen) atoms. The Morgan fingerprint density at radius 3 is 2.80 bits per heavy atom. The second-order valence-electron chi connectivity index (χ2n) is 7.11. The van der Waals surface area contributed by atoms with E-state index in [1.807, 2.05) is 24.4 Å². The zero-order chi connectivity index (χ0) is 17.7. The second kappa shape index (κ2) is 7.85. The first-order valence-corrected chi connectivity index (χ1v) is 8.73. The monoisotopic (exact) mass is 341 g/mol. The van der Waals surface area contributed by atoms with Crippen molar-refractivity contribution in [2.75, 3.05) is 26.7 Å². The lowest BCUT2D eigenvalue weighted by molar-refractivity contribution is 0.270. The number of pyridine rings is 1. The van der Waals surface area contributed by atoms with Gasteiger partial charge in [-0.15, -0.1) is 0 Å². The van der Waals surface area contributed by atoms with Gasteiger partial charge in [0.05, 0.1) is 7.11 Å². The third-order valence-corrected chi connectivity index (χ3v) is 4.88. The second-order valence-corrected chi connectivity index (χ2v) is 7.11. The summed E-state index contributed by atoms with van der Waals surface area (Å²) in [5.74, 6) is 1.52. The van der Waals surface area contributed by atoms with Gasteiger partial charge in [0.25, 0.3) is 0 Å². The molecule has 0 saturated carbocycles. The van der Waals surface area contributed by atoms with Crippen LogP contribution < -0.4 is 15.2 Å². The van der Waals surface area contributed by atoms with Crippen molar-refractivity contribution in [3.8, 4) is 11.5 Å². The molecule has 0 aliphatic carbocycles. The lowest BCUT2D eigenvalue weighted by atomic mass is 9.90. The van der Waals surface area contributed by atoms with Crippen LogP contribution in [-0.4, -0.2) is 36.6 Å². The number of methoxy groups -OCH3 is 1. The Labute approximate surface area is 149 Å². The third kappa shape index (κ3) is 4.50. The van der Waals surface area contributed by atoms with E-state index >= 15 is 0 Å². The fourth-order valence-corrected chi connectivity index (χ4v) is 3.26. The number of nitrogens with zero attached hydrogens (tertiary/aromatic N) is 2. The molecule has 3 rings (SSSR count). The molecule has 1 aromatic heterocycles. The molecule has 5 heteroatoms. The van der Waals surface area contributed by atoms with Crippen LogP contribution in [-0.2, 0) is 13.2 Å². The van der Waals surface area contributed by atoms with Crippen LogP contribution in [0.25, 0.3) is 0 Å². The smallest absolute Gasteiger partial charge is 0.161 e. The fourth-order valence-electron chi connectivity index (χ4n) is 3.26. The maximum absolute atomic E-state index is 5.98. The zero-order valence-electron chi connectivity index (χ0n) is 15.1. The first-order chi connectivity index (χ1) is 12.1. The van der Waals surface area contributed by atoms with Crippen LogP contribution in [0.15, 0.2) is 42.7 Å². The van der Waals surface area contributed by atoms with Crippen LogP contribution in [0.3, 0.4) is 0 Å². The van der Waals surface area contributed by atoms with Gasteiger partial charge in [0.1, 0.15) is 6.61 Å². The van der Waals surface area contributed by atoms with E-state index in [2.05, 4.69) is 28.9 Å². The van der Waals surface area contributed by atoms with Gasteiger partial charge in [0.15, 0.2) is 11.5 Å². The maximum atomic E-state index is 5.98. The van der Waals surface area contributed by atoms with Crippen LogP contribution in [0.5, 0.6) is 11.5 Å². The van der Waals surface area contributed by atoms with Crippen molar-refractivity contribution in [3.63, 3.8) is 0 Å². The van der Waals surface area contributed by atoms with Gasteiger partial charge in [-0.3, -0.25) is 9.88 Å². The molecular weight excluding hydrogens is 314 g/mol. The Morgan fingerprint density at radius 1 is 1.24 bits per heavy atom. The number of nitrogens with two attached hydrogens (primary N) is 1. The van der Waals surface area contributed by atoms with Crippen molar-refractivity contribution in [2.24, 2.45) is 11.1 Å². The molecule has 1 saturated heterocycles. The number of hydrogen-bond donors (Lipinski definition) is 1. The summed E-state index contributed by atoms with van der Waals surface area (Å²) in [5, 5.41) is 0. The third-order valence-electron chi connectivity index (χ3n) is 4.88. The molecule has 2 N–H and O–H groups in total. The van der Waals surface area contributed by atoms with Gasteiger partial charge in [0.2, 0.25) is 0 Å². The highest BCUT2D eigenvalue weighted by Gasteiger charge is 2.32. The Balaban J connectivity index is 1.67. The number of benzene rings is 1. The molecule has 0 bridgehead atoms. The van der Waals surface area contributed by atoms with Crippen LogP contribution >= 0.6 is 0 Å². The molecule has 0 spiro atoms. The fraction of sp³-hybridized carbons (Fsp3) is 0.450. The topological polar surface area (TPSA) is 60.6 Å². The summed E-state index contributed by atoms with van der Waals surface area (Å²) in [5.41, 5.74) is 8.41. The van der Waals surface area contributed by atoms with E-state index in [0.717, 1.165) is 49.7 Å². The van der Waals surface area contributed by atoms with E-state index < -0.39 is 0 Å². The highest BCUT2D eigenvalue weighted by Crippen LogP contribution is 2.32. The van der Waals surface area contributed by atoms with E-state index in [1.165, 1.54) is 5.56 Å². The predicted octanol–water partition coefficient (Wildman–Crippen LogP) is 2.84. The van der Waals surface area contributed by atoms with Gasteiger partial charge < -0.3 is 15.2 Å². The minimum absolute atomic E-state index is 0.242. The number of likely N-dealkylation sites (tertiary alicyclic amines) is 1. The largest absolute Gasteiger partial charge is 0.493 e. The summed E-state index contributed by atoms with van der Waals surface area (Å²) in [4.78, 5) is 6.58. The highest BCUT2D eigenvalue weighted by molar-refractivity contribution is 5.43. The summed E-state index contributed by atoms with van der Waals surface area (Å²) in [6, 6.07) is 10.1. The molecule has 1 fully saturated rings. The Morgan fingerprint density at radius 2 is 2.12 bits per heavy atom. The Bertz CT molecular complexity index is 693. The molecular formula is C20H27N3O2. The van der Waals surface area contributed by atoms with Crippen LogP contribution in [0.1, 0.15) is 24.5 Å². The van der Waals surface area contributed by atoms with Crippen LogP contribution in [0, 0.1) is 5.41 Å². The molecule has 1 atom stereocenters. The van der Waals surface area contributed by atoms with Crippen LogP contribution in [0.2, 0.25) is 0 Å². The van der Waals surface area contributed by atoms with Gasteiger partial charge in [-0.1, -0.05) is 19.1 Å². The molecule has 0 radical (unpaired) electrons. The minimum Gasteiger partial charge on any atom is -0.493 e. The quantitative estimate of drug-likeness (QED) is 0.839. The average Bonchev–Trinajstić information content (AvgIpc) is 3.02. The van der Waals surface area contributed by atoms with Crippen molar-refractivity contribution < 1.29 is 9.47 Å². The molecule has 2 heterocycles. The minimum atomic E-state index is 0.242. The molecule has 1 aromatic carbocycles. The molecule has 2 aromatic rings. The molecule has 134 valence electrons. The van der Waals surface area contributed by atoms with Crippen molar-refractivity contribution in [1.82, 2.24) is 9.88 Å². The van der Waals surface area contributed by atoms with E-state index in [-0.39, 0.29) is 5.41 Å². The molecule has 0 amide bonds. The van der Waals surface area contributed by atoms with Gasteiger partial charge in [0, 0.05) is 31.0 Å². The van der Waals surface area contributed by atoms with Crippen molar-refractivity contribution in [2.45, 2.75) is 26.5 Å². The molecule has 1 aliphatic rings. The van der Waals surface area contributed by atoms with Crippen LogP contribution in [0.4, 0.5) is 0 Å². The van der Waals surface area contributed by atoms with Crippen molar-refractivity contribution >= 4 is 0 Å². The predicted molar refractivity (Wildman–Crippen MR) is 98.6 cm³/mol. The van der Waals surface area contributed by atoms with Crippen molar-refractivity contribution in [1.29, 1.82) is 0 Å². The maximum Gasteiger partial charge on any atom is 0.161 e. The van der Waals surface area contributed by atoms with E-state index in [1.54, 1.807) is 13.3 Å². The number of hydrogen-bond acceptors (Lipinski definition) is 5. The summed E-state index contributed by atoms with van der Waals surface area (Å²) in [6.45, 7) is 6.52. The Hall–Kier alpha value is -2.11. The van der Waals surface area contributed by atoms with Gasteiger partial charge >= 0.3 is 0 Å². The first kappa shape index (κ1) is 17.7. The Kier molecular flexibility index (Phi) is 5.56. The van der Waals surface area contributed by atoms with Gasteiger partial charge in [-0.2, -0.15) is 0 Å². The highest BCUT2D eigenvalue weighted by atomic mass is 16.5. The molecule has 1 unspecified atom stereocenters. The molecule has 5 nitrogen and oxygen atoms in total. The van der Waals surface area contributed by atoms with Crippen molar-refractivity contribution in [3.05, 3.63) is 53.9 Å². The summed E-state index contributed by atoms with van der Waals surface area (Å²) >= 11 is 0. The van der Waals surface area contributed by atoms with Gasteiger partial charge in [-0.25, -0.2) is 0 Å². The SMILES string of the molecule is COc1ccc(CN2CCC(C)(CN)C2)cc1OCc1cccnc1. The average molecular weight is 341 g/mol. The summed E-state index contributed by atoms with van der Waals surface area (Å²) < 4.78 is 11.4. The zero-order valence-corrected chi connectivity index (χ0v) is 15.1. The van der Waals surface area contributed by atoms with Gasteiger partial charge in [-0.05, 0) is 48.7 Å². The van der Waals surface area contributed by atoms with E-state index in [0.29, 0.717) is 6.61 Å². The number of rotatable bonds is 7. The molecule has 1 aliphatic heterocycles. The normalized spacial score (nSPS) is 20.6. The van der Waals surface area contributed by atoms with E-state index in [9.17, 15) is 0 Å². The standard InChI is InChI=1S/C20H27N3O2/c1-20(14-21)7-9-23(15-20)12-16-5-6-18(24-2)19(10-16)25-13-17-4-3-8-22-11-17/h3-6,8,10-11H,7,9,12-15,21H2,1-2H3.